The number of rotatable bonds is 3. The fourth-order valence-electron chi connectivity index (χ4n) is 1.75. The van der Waals surface area contributed by atoms with E-state index < -0.39 is 0 Å². The molecule has 1 fully saturated rings. The molecule has 0 amide bonds. The fourth-order valence-corrected chi connectivity index (χ4v) is 1.75. The van der Waals surface area contributed by atoms with E-state index in [1.54, 1.807) is 0 Å². The van der Waals surface area contributed by atoms with Gasteiger partial charge in [0, 0.05) is 0 Å². The predicted molar refractivity (Wildman–Crippen MR) is 51.5 cm³/mol. The van der Waals surface area contributed by atoms with E-state index in [0.717, 1.165) is 32.5 Å². The van der Waals surface area contributed by atoms with Gasteiger partial charge in [0.2, 0.25) is 0 Å². The predicted octanol–water partition coefficient (Wildman–Crippen LogP) is 1.28. The zero-order chi connectivity index (χ0) is 9.68. The molecule has 76 valence electrons. The van der Waals surface area contributed by atoms with Crippen LogP contribution >= 0.6 is 0 Å². The van der Waals surface area contributed by atoms with Crippen molar-refractivity contribution in [1.82, 2.24) is 4.90 Å². The standard InChI is InChI=1S/C10H19NO2/c1-3-11-7-5-9(6-8-11)10(12)13-4-2/h9H,3-8H2,1-2H3. The van der Waals surface area contributed by atoms with Crippen molar-refractivity contribution in [3.8, 4) is 0 Å². The number of ether oxygens (including phenoxy) is 1. The third kappa shape index (κ3) is 2.99. The van der Waals surface area contributed by atoms with Crippen molar-refractivity contribution in [2.75, 3.05) is 26.2 Å². The van der Waals surface area contributed by atoms with Gasteiger partial charge in [0.1, 0.15) is 0 Å². The summed E-state index contributed by atoms with van der Waals surface area (Å²) in [5, 5.41) is 0. The zero-order valence-corrected chi connectivity index (χ0v) is 8.58. The summed E-state index contributed by atoms with van der Waals surface area (Å²) in [5.74, 6) is 0.154. The first-order chi connectivity index (χ1) is 6.27. The normalized spacial score (nSPS) is 20.2. The van der Waals surface area contributed by atoms with Crippen molar-refractivity contribution in [2.45, 2.75) is 26.7 Å². The Labute approximate surface area is 80.1 Å². The quantitative estimate of drug-likeness (QED) is 0.620. The number of esters is 1. The van der Waals surface area contributed by atoms with E-state index in [2.05, 4.69) is 11.8 Å². The molecule has 1 saturated heterocycles. The first kappa shape index (κ1) is 10.5. The number of hydrogen-bond acceptors (Lipinski definition) is 3. The van der Waals surface area contributed by atoms with Gasteiger partial charge in [-0.25, -0.2) is 0 Å². The Kier molecular flexibility index (Phi) is 4.22. The Balaban J connectivity index is 2.28. The van der Waals surface area contributed by atoms with Gasteiger partial charge in [0.15, 0.2) is 0 Å². The van der Waals surface area contributed by atoms with E-state index in [-0.39, 0.29) is 11.9 Å². The number of likely N-dealkylation sites (tertiary alicyclic amines) is 1. The molecule has 1 aliphatic rings. The van der Waals surface area contributed by atoms with E-state index in [1.165, 1.54) is 0 Å². The monoisotopic (exact) mass is 185 g/mol. The molecule has 0 saturated carbocycles. The van der Waals surface area contributed by atoms with Crippen molar-refractivity contribution < 1.29 is 9.53 Å². The van der Waals surface area contributed by atoms with Gasteiger partial charge in [0.25, 0.3) is 0 Å². The highest BCUT2D eigenvalue weighted by atomic mass is 16.5. The lowest BCUT2D eigenvalue weighted by Crippen LogP contribution is -2.36. The minimum absolute atomic E-state index is 0.00162. The van der Waals surface area contributed by atoms with Crippen LogP contribution in [0.1, 0.15) is 26.7 Å². The van der Waals surface area contributed by atoms with Crippen molar-refractivity contribution in [3.63, 3.8) is 0 Å². The highest BCUT2D eigenvalue weighted by Gasteiger charge is 2.24. The van der Waals surface area contributed by atoms with Crippen LogP contribution in [0.3, 0.4) is 0 Å². The first-order valence-electron chi connectivity index (χ1n) is 5.16. The Bertz CT molecular complexity index is 162. The smallest absolute Gasteiger partial charge is 0.309 e. The van der Waals surface area contributed by atoms with E-state index in [4.69, 9.17) is 4.74 Å². The summed E-state index contributed by atoms with van der Waals surface area (Å²) in [6.07, 6.45) is 1.93. The van der Waals surface area contributed by atoms with Gasteiger partial charge in [-0.1, -0.05) is 6.92 Å². The number of carbonyl (C=O) groups is 1. The van der Waals surface area contributed by atoms with Crippen LogP contribution in [-0.4, -0.2) is 37.1 Å². The number of hydrogen-bond donors (Lipinski definition) is 0. The summed E-state index contributed by atoms with van der Waals surface area (Å²) in [7, 11) is 0. The molecular weight excluding hydrogens is 166 g/mol. The van der Waals surface area contributed by atoms with Crippen LogP contribution in [-0.2, 0) is 9.53 Å². The molecule has 0 aromatic carbocycles. The minimum atomic E-state index is -0.00162. The first-order valence-corrected chi connectivity index (χ1v) is 5.16. The molecule has 0 unspecified atom stereocenters. The summed E-state index contributed by atoms with van der Waals surface area (Å²) in [5.41, 5.74) is 0. The summed E-state index contributed by atoms with van der Waals surface area (Å²) in [4.78, 5) is 13.7. The maximum Gasteiger partial charge on any atom is 0.309 e. The van der Waals surface area contributed by atoms with Crippen LogP contribution in [0.15, 0.2) is 0 Å². The Morgan fingerprint density at radius 3 is 2.46 bits per heavy atom. The minimum Gasteiger partial charge on any atom is -0.466 e. The summed E-state index contributed by atoms with van der Waals surface area (Å²) in [6.45, 7) is 7.70. The van der Waals surface area contributed by atoms with E-state index in [0.29, 0.717) is 6.61 Å². The molecule has 1 rings (SSSR count). The maximum absolute atomic E-state index is 11.4. The highest BCUT2D eigenvalue weighted by Crippen LogP contribution is 2.17. The topological polar surface area (TPSA) is 29.5 Å². The molecule has 0 atom stereocenters. The molecule has 1 heterocycles. The number of nitrogens with zero attached hydrogens (tertiary/aromatic N) is 1. The van der Waals surface area contributed by atoms with Gasteiger partial charge < -0.3 is 9.64 Å². The van der Waals surface area contributed by atoms with Gasteiger partial charge in [-0.15, -0.1) is 0 Å². The average Bonchev–Trinajstić information content (AvgIpc) is 2.18. The molecule has 0 aliphatic carbocycles. The molecule has 0 bridgehead atoms. The van der Waals surface area contributed by atoms with E-state index in [9.17, 15) is 4.79 Å². The second kappa shape index (κ2) is 5.22. The fraction of sp³-hybridized carbons (Fsp3) is 0.900. The molecule has 0 N–H and O–H groups in total. The Morgan fingerprint density at radius 2 is 2.00 bits per heavy atom. The lowest BCUT2D eigenvalue weighted by molar-refractivity contribution is -0.149. The number of piperidine rings is 1. The van der Waals surface area contributed by atoms with Crippen molar-refractivity contribution in [1.29, 1.82) is 0 Å². The molecule has 13 heavy (non-hydrogen) atoms. The molecule has 1 aliphatic heterocycles. The molecular formula is C10H19NO2. The van der Waals surface area contributed by atoms with Gasteiger partial charge in [-0.2, -0.15) is 0 Å². The second-order valence-electron chi connectivity index (χ2n) is 3.46. The van der Waals surface area contributed by atoms with Crippen LogP contribution < -0.4 is 0 Å². The second-order valence-corrected chi connectivity index (χ2v) is 3.46. The van der Waals surface area contributed by atoms with Gasteiger partial charge >= 0.3 is 5.97 Å². The summed E-state index contributed by atoms with van der Waals surface area (Å²) in [6, 6.07) is 0. The third-order valence-corrected chi connectivity index (χ3v) is 2.65. The van der Waals surface area contributed by atoms with Crippen molar-refractivity contribution in [3.05, 3.63) is 0 Å². The van der Waals surface area contributed by atoms with E-state index >= 15 is 0 Å². The lowest BCUT2D eigenvalue weighted by Gasteiger charge is -2.29. The van der Waals surface area contributed by atoms with Crippen LogP contribution in [0, 0.1) is 5.92 Å². The van der Waals surface area contributed by atoms with Crippen molar-refractivity contribution in [2.24, 2.45) is 5.92 Å². The number of carbonyl (C=O) groups excluding carboxylic acids is 1. The van der Waals surface area contributed by atoms with Gasteiger partial charge in [0.05, 0.1) is 12.5 Å². The van der Waals surface area contributed by atoms with Gasteiger partial charge in [-0.05, 0) is 39.4 Å². The molecule has 0 spiro atoms. The molecule has 0 aromatic rings. The molecule has 0 aromatic heterocycles. The summed E-state index contributed by atoms with van der Waals surface area (Å²) >= 11 is 0. The Morgan fingerprint density at radius 1 is 1.38 bits per heavy atom. The molecule has 3 heteroatoms. The molecule has 3 nitrogen and oxygen atoms in total. The van der Waals surface area contributed by atoms with Gasteiger partial charge in [-0.3, -0.25) is 4.79 Å². The SMILES string of the molecule is CCOC(=O)C1CCN(CC)CC1. The lowest BCUT2D eigenvalue weighted by atomic mass is 9.97. The molecule has 0 radical (unpaired) electrons. The highest BCUT2D eigenvalue weighted by molar-refractivity contribution is 5.72. The third-order valence-electron chi connectivity index (χ3n) is 2.65. The summed E-state index contributed by atoms with van der Waals surface area (Å²) < 4.78 is 4.99. The maximum atomic E-state index is 11.4. The Hall–Kier alpha value is -0.570. The van der Waals surface area contributed by atoms with Crippen LogP contribution in [0.25, 0.3) is 0 Å². The average molecular weight is 185 g/mol. The van der Waals surface area contributed by atoms with Crippen LogP contribution in [0.5, 0.6) is 0 Å². The van der Waals surface area contributed by atoms with Crippen LogP contribution in [0.2, 0.25) is 0 Å². The van der Waals surface area contributed by atoms with E-state index in [1.807, 2.05) is 6.92 Å². The van der Waals surface area contributed by atoms with Crippen LogP contribution in [0.4, 0.5) is 0 Å². The van der Waals surface area contributed by atoms with Crippen molar-refractivity contribution >= 4 is 5.97 Å². The largest absolute Gasteiger partial charge is 0.466 e. The zero-order valence-electron chi connectivity index (χ0n) is 8.58.